The molecule has 0 saturated carbocycles. The Labute approximate surface area is 188 Å². The SMILES string of the molecule is C=Cc1cc(C(=O)NS(=O)(=O)c2cc(C(C)(C)C)ccc2OC)ccc1Cn1cccn1. The van der Waals surface area contributed by atoms with Crippen LogP contribution in [0.25, 0.3) is 6.08 Å². The van der Waals surface area contributed by atoms with Crippen molar-refractivity contribution < 1.29 is 17.9 Å². The van der Waals surface area contributed by atoms with Gasteiger partial charge in [-0.25, -0.2) is 13.1 Å². The van der Waals surface area contributed by atoms with Crippen LogP contribution in [0.15, 0.2) is 66.3 Å². The van der Waals surface area contributed by atoms with E-state index in [4.69, 9.17) is 4.74 Å². The fraction of sp³-hybridized carbons (Fsp3) is 0.250. The molecular weight excluding hydrogens is 426 g/mol. The summed E-state index contributed by atoms with van der Waals surface area (Å²) in [5, 5.41) is 4.18. The average molecular weight is 454 g/mol. The molecule has 32 heavy (non-hydrogen) atoms. The summed E-state index contributed by atoms with van der Waals surface area (Å²) in [5.41, 5.74) is 2.37. The predicted octanol–water partition coefficient (Wildman–Crippen LogP) is 4.00. The molecule has 3 aromatic rings. The van der Waals surface area contributed by atoms with Crippen molar-refractivity contribution >= 4 is 22.0 Å². The summed E-state index contributed by atoms with van der Waals surface area (Å²) in [6.07, 6.45) is 5.14. The molecule has 0 aliphatic heterocycles. The summed E-state index contributed by atoms with van der Waals surface area (Å²) in [6.45, 7) is 10.2. The van der Waals surface area contributed by atoms with Crippen molar-refractivity contribution in [1.82, 2.24) is 14.5 Å². The highest BCUT2D eigenvalue weighted by Gasteiger charge is 2.26. The van der Waals surface area contributed by atoms with E-state index in [0.717, 1.165) is 16.7 Å². The third-order valence-electron chi connectivity index (χ3n) is 5.07. The van der Waals surface area contributed by atoms with E-state index in [1.807, 2.05) is 39.1 Å². The molecule has 0 saturated heterocycles. The second-order valence-electron chi connectivity index (χ2n) is 8.37. The number of sulfonamides is 1. The summed E-state index contributed by atoms with van der Waals surface area (Å²) in [5.74, 6) is -0.568. The normalized spacial score (nSPS) is 11.8. The van der Waals surface area contributed by atoms with Gasteiger partial charge in [0, 0.05) is 18.0 Å². The van der Waals surface area contributed by atoms with Crippen molar-refractivity contribution in [3.8, 4) is 5.75 Å². The topological polar surface area (TPSA) is 90.3 Å². The van der Waals surface area contributed by atoms with E-state index in [2.05, 4.69) is 16.4 Å². The van der Waals surface area contributed by atoms with E-state index >= 15 is 0 Å². The van der Waals surface area contributed by atoms with Crippen LogP contribution < -0.4 is 9.46 Å². The number of rotatable bonds is 7. The van der Waals surface area contributed by atoms with Gasteiger partial charge in [-0.1, -0.05) is 45.6 Å². The van der Waals surface area contributed by atoms with E-state index in [0.29, 0.717) is 6.54 Å². The van der Waals surface area contributed by atoms with Crippen LogP contribution in [0.1, 0.15) is 47.8 Å². The first kappa shape index (κ1) is 23.3. The van der Waals surface area contributed by atoms with Gasteiger partial charge in [-0.05, 0) is 52.4 Å². The Morgan fingerprint density at radius 1 is 1.22 bits per heavy atom. The molecule has 168 valence electrons. The predicted molar refractivity (Wildman–Crippen MR) is 124 cm³/mol. The fourth-order valence-electron chi connectivity index (χ4n) is 3.23. The molecule has 1 amide bonds. The monoisotopic (exact) mass is 453 g/mol. The Morgan fingerprint density at radius 3 is 2.56 bits per heavy atom. The van der Waals surface area contributed by atoms with E-state index in [9.17, 15) is 13.2 Å². The zero-order chi connectivity index (χ0) is 23.5. The minimum Gasteiger partial charge on any atom is -0.495 e. The van der Waals surface area contributed by atoms with E-state index in [1.165, 1.54) is 13.2 Å². The number of aromatic nitrogens is 2. The lowest BCUT2D eigenvalue weighted by Gasteiger charge is -2.21. The summed E-state index contributed by atoms with van der Waals surface area (Å²) < 4.78 is 35.3. The van der Waals surface area contributed by atoms with Crippen LogP contribution in [0, 0.1) is 0 Å². The van der Waals surface area contributed by atoms with Crippen molar-refractivity contribution in [1.29, 1.82) is 0 Å². The molecule has 0 spiro atoms. The Morgan fingerprint density at radius 2 is 1.97 bits per heavy atom. The first-order valence-corrected chi connectivity index (χ1v) is 11.5. The Hall–Kier alpha value is -3.39. The van der Waals surface area contributed by atoms with Gasteiger partial charge < -0.3 is 4.74 Å². The molecule has 0 unspecified atom stereocenters. The van der Waals surface area contributed by atoms with Crippen LogP contribution in [0.3, 0.4) is 0 Å². The van der Waals surface area contributed by atoms with Gasteiger partial charge in [0.1, 0.15) is 10.6 Å². The quantitative estimate of drug-likeness (QED) is 0.584. The molecule has 1 N–H and O–H groups in total. The van der Waals surface area contributed by atoms with E-state index in [-0.39, 0.29) is 21.6 Å². The molecule has 0 atom stereocenters. The number of benzene rings is 2. The number of ether oxygens (including phenoxy) is 1. The second kappa shape index (κ2) is 9.00. The molecule has 8 heteroatoms. The number of nitrogens with one attached hydrogen (secondary N) is 1. The Kier molecular flexibility index (Phi) is 6.55. The molecule has 0 aliphatic rings. The lowest BCUT2D eigenvalue weighted by molar-refractivity contribution is 0.0981. The number of hydrogen-bond donors (Lipinski definition) is 1. The Balaban J connectivity index is 1.90. The van der Waals surface area contributed by atoms with Gasteiger partial charge in [0.15, 0.2) is 0 Å². The number of carbonyl (C=O) groups excluding carboxylic acids is 1. The molecule has 1 aromatic heterocycles. The number of methoxy groups -OCH3 is 1. The van der Waals surface area contributed by atoms with Gasteiger partial charge in [0.25, 0.3) is 15.9 Å². The highest BCUT2D eigenvalue weighted by molar-refractivity contribution is 7.90. The van der Waals surface area contributed by atoms with E-state index in [1.54, 1.807) is 41.2 Å². The molecule has 0 bridgehead atoms. The molecule has 1 heterocycles. The van der Waals surface area contributed by atoms with E-state index < -0.39 is 15.9 Å². The molecule has 0 fully saturated rings. The summed E-state index contributed by atoms with van der Waals surface area (Å²) >= 11 is 0. The third kappa shape index (κ3) is 5.08. The van der Waals surface area contributed by atoms with Gasteiger partial charge >= 0.3 is 0 Å². The van der Waals surface area contributed by atoms with Gasteiger partial charge in [-0.15, -0.1) is 0 Å². The van der Waals surface area contributed by atoms with Gasteiger partial charge in [0.2, 0.25) is 0 Å². The maximum atomic E-state index is 13.1. The van der Waals surface area contributed by atoms with Crippen molar-refractivity contribution in [3.63, 3.8) is 0 Å². The fourth-order valence-corrected chi connectivity index (χ4v) is 4.40. The number of hydrogen-bond acceptors (Lipinski definition) is 5. The third-order valence-corrected chi connectivity index (χ3v) is 6.42. The van der Waals surface area contributed by atoms with Gasteiger partial charge in [-0.2, -0.15) is 5.10 Å². The average Bonchev–Trinajstić information content (AvgIpc) is 3.25. The zero-order valence-electron chi connectivity index (χ0n) is 18.6. The minimum atomic E-state index is -4.17. The minimum absolute atomic E-state index is 0.0833. The lowest BCUT2D eigenvalue weighted by Crippen LogP contribution is -2.31. The highest BCUT2D eigenvalue weighted by Crippen LogP contribution is 2.31. The van der Waals surface area contributed by atoms with Crippen LogP contribution in [-0.2, 0) is 22.0 Å². The summed E-state index contributed by atoms with van der Waals surface area (Å²) in [6, 6.07) is 11.7. The molecule has 7 nitrogen and oxygen atoms in total. The van der Waals surface area contributed by atoms with Gasteiger partial charge in [0.05, 0.1) is 13.7 Å². The molecular formula is C24H27N3O4S. The number of nitrogens with zero attached hydrogens (tertiary/aromatic N) is 2. The molecule has 3 rings (SSSR count). The smallest absolute Gasteiger partial charge is 0.268 e. The van der Waals surface area contributed by atoms with Crippen LogP contribution >= 0.6 is 0 Å². The van der Waals surface area contributed by atoms with Crippen LogP contribution in [0.5, 0.6) is 5.75 Å². The zero-order valence-corrected chi connectivity index (χ0v) is 19.4. The lowest BCUT2D eigenvalue weighted by atomic mass is 9.87. The van der Waals surface area contributed by atoms with Crippen LogP contribution in [0.4, 0.5) is 0 Å². The summed E-state index contributed by atoms with van der Waals surface area (Å²) in [7, 11) is -2.78. The van der Waals surface area contributed by atoms with Crippen LogP contribution in [-0.4, -0.2) is 31.2 Å². The van der Waals surface area contributed by atoms with Crippen molar-refractivity contribution in [3.05, 3.63) is 83.7 Å². The maximum absolute atomic E-state index is 13.1. The first-order valence-electron chi connectivity index (χ1n) is 10.0. The second-order valence-corrected chi connectivity index (χ2v) is 10.0. The van der Waals surface area contributed by atoms with Crippen molar-refractivity contribution in [2.75, 3.05) is 7.11 Å². The molecule has 2 aromatic carbocycles. The molecule has 0 aliphatic carbocycles. The van der Waals surface area contributed by atoms with Gasteiger partial charge in [-0.3, -0.25) is 9.48 Å². The van der Waals surface area contributed by atoms with Crippen LogP contribution in [0.2, 0.25) is 0 Å². The molecule has 0 radical (unpaired) electrons. The largest absolute Gasteiger partial charge is 0.495 e. The van der Waals surface area contributed by atoms with Crippen molar-refractivity contribution in [2.24, 2.45) is 0 Å². The highest BCUT2D eigenvalue weighted by atomic mass is 32.2. The first-order chi connectivity index (χ1) is 15.0. The number of carbonyl (C=O) groups is 1. The number of amides is 1. The standard InChI is InChI=1S/C24H27N3O4S/c1-6-17-14-18(8-9-19(17)16-27-13-7-12-25-27)23(28)26-32(29,30)22-15-20(24(2,3)4)10-11-21(22)31-5/h6-15H,1,16H2,2-5H3,(H,26,28). The Bertz CT molecular complexity index is 1240. The summed E-state index contributed by atoms with van der Waals surface area (Å²) in [4.78, 5) is 12.7. The maximum Gasteiger partial charge on any atom is 0.268 e. The van der Waals surface area contributed by atoms with Crippen molar-refractivity contribution in [2.45, 2.75) is 37.6 Å².